The first-order chi connectivity index (χ1) is 5.70. The van der Waals surface area contributed by atoms with Gasteiger partial charge in [-0.3, -0.25) is 4.90 Å². The summed E-state index contributed by atoms with van der Waals surface area (Å²) in [6.07, 6.45) is 0. The van der Waals surface area contributed by atoms with E-state index in [1.165, 1.54) is 5.69 Å². The highest BCUT2D eigenvalue weighted by atomic mass is 15.3. The molecule has 0 fully saturated rings. The van der Waals surface area contributed by atoms with E-state index in [1.807, 2.05) is 6.07 Å². The Morgan fingerprint density at radius 3 is 2.08 bits per heavy atom. The van der Waals surface area contributed by atoms with Crippen molar-refractivity contribution in [2.24, 2.45) is 0 Å². The maximum absolute atomic E-state index is 2.21. The molecule has 0 aliphatic carbocycles. The number of hydrogen-bond donors (Lipinski definition) is 0. The second kappa shape index (κ2) is 4.12. The predicted molar refractivity (Wildman–Crippen MR) is 53.4 cm³/mol. The molecule has 0 radical (unpaired) electrons. The smallest absolute Gasteiger partial charge is 0.0698 e. The third-order valence-electron chi connectivity index (χ3n) is 1.69. The van der Waals surface area contributed by atoms with E-state index in [2.05, 4.69) is 55.2 Å². The number of para-hydroxylation sites is 1. The lowest BCUT2D eigenvalue weighted by atomic mass is 10.3. The van der Waals surface area contributed by atoms with Crippen molar-refractivity contribution in [2.45, 2.75) is 0 Å². The number of rotatable bonds is 3. The van der Waals surface area contributed by atoms with E-state index in [4.69, 9.17) is 0 Å². The molecule has 1 rings (SSSR count). The SMILES string of the molecule is CN(C)CN(C)c1ccccc1. The normalized spacial score (nSPS) is 10.3. The third kappa shape index (κ3) is 2.55. The van der Waals surface area contributed by atoms with Gasteiger partial charge in [-0.25, -0.2) is 0 Å². The van der Waals surface area contributed by atoms with Crippen molar-refractivity contribution >= 4 is 5.69 Å². The Kier molecular flexibility index (Phi) is 3.11. The van der Waals surface area contributed by atoms with Crippen LogP contribution in [0.3, 0.4) is 0 Å². The largest absolute Gasteiger partial charge is 0.362 e. The zero-order chi connectivity index (χ0) is 8.97. The number of anilines is 1. The van der Waals surface area contributed by atoms with Crippen molar-refractivity contribution in [3.63, 3.8) is 0 Å². The molecule has 0 aliphatic heterocycles. The fourth-order valence-electron chi connectivity index (χ4n) is 1.19. The Bertz CT molecular complexity index is 219. The van der Waals surface area contributed by atoms with E-state index < -0.39 is 0 Å². The molecular formula is C10H16N2. The van der Waals surface area contributed by atoms with Crippen LogP contribution in [0.15, 0.2) is 30.3 Å². The average Bonchev–Trinajstić information content (AvgIpc) is 2.05. The van der Waals surface area contributed by atoms with Crippen molar-refractivity contribution in [2.75, 3.05) is 32.7 Å². The Balaban J connectivity index is 2.59. The second-order valence-electron chi connectivity index (χ2n) is 3.25. The van der Waals surface area contributed by atoms with Crippen molar-refractivity contribution in [1.82, 2.24) is 4.90 Å². The minimum atomic E-state index is 0.948. The second-order valence-corrected chi connectivity index (χ2v) is 3.25. The van der Waals surface area contributed by atoms with E-state index in [0.29, 0.717) is 0 Å². The van der Waals surface area contributed by atoms with Crippen molar-refractivity contribution < 1.29 is 0 Å². The van der Waals surface area contributed by atoms with Crippen LogP contribution in [-0.2, 0) is 0 Å². The molecule has 0 bridgehead atoms. The van der Waals surface area contributed by atoms with Crippen LogP contribution in [0.25, 0.3) is 0 Å². The van der Waals surface area contributed by atoms with Crippen molar-refractivity contribution in [3.8, 4) is 0 Å². The lowest BCUT2D eigenvalue weighted by Crippen LogP contribution is -2.29. The summed E-state index contributed by atoms with van der Waals surface area (Å²) in [5, 5.41) is 0. The molecule has 0 saturated carbocycles. The monoisotopic (exact) mass is 164 g/mol. The van der Waals surface area contributed by atoms with Crippen LogP contribution in [0.4, 0.5) is 5.69 Å². The standard InChI is InChI=1S/C10H16N2/c1-11(2)9-12(3)10-7-5-4-6-8-10/h4-8H,9H2,1-3H3. The van der Waals surface area contributed by atoms with Crippen LogP contribution < -0.4 is 4.90 Å². The molecular weight excluding hydrogens is 148 g/mol. The summed E-state index contributed by atoms with van der Waals surface area (Å²) in [6, 6.07) is 10.4. The van der Waals surface area contributed by atoms with Gasteiger partial charge in [0.05, 0.1) is 6.67 Å². The van der Waals surface area contributed by atoms with Gasteiger partial charge in [-0.2, -0.15) is 0 Å². The highest BCUT2D eigenvalue weighted by molar-refractivity contribution is 5.44. The molecule has 0 spiro atoms. The molecule has 0 amide bonds. The molecule has 2 nitrogen and oxygen atoms in total. The van der Waals surface area contributed by atoms with E-state index in [0.717, 1.165) is 6.67 Å². The Morgan fingerprint density at radius 1 is 1.00 bits per heavy atom. The number of nitrogens with zero attached hydrogens (tertiary/aromatic N) is 2. The Hall–Kier alpha value is -1.02. The van der Waals surface area contributed by atoms with Gasteiger partial charge >= 0.3 is 0 Å². The summed E-state index contributed by atoms with van der Waals surface area (Å²) in [7, 11) is 6.23. The molecule has 1 aromatic carbocycles. The van der Waals surface area contributed by atoms with Crippen molar-refractivity contribution in [1.29, 1.82) is 0 Å². The zero-order valence-corrected chi connectivity index (χ0v) is 7.99. The molecule has 0 N–H and O–H groups in total. The highest BCUT2D eigenvalue weighted by Crippen LogP contribution is 2.10. The Labute approximate surface area is 74.4 Å². The van der Waals surface area contributed by atoms with Crippen LogP contribution in [0.1, 0.15) is 0 Å². The van der Waals surface area contributed by atoms with E-state index in [1.54, 1.807) is 0 Å². The van der Waals surface area contributed by atoms with Gasteiger partial charge in [-0.1, -0.05) is 18.2 Å². The fourth-order valence-corrected chi connectivity index (χ4v) is 1.19. The van der Waals surface area contributed by atoms with Crippen LogP contribution in [0.2, 0.25) is 0 Å². The summed E-state index contributed by atoms with van der Waals surface area (Å²) >= 11 is 0. The minimum absolute atomic E-state index is 0.948. The molecule has 2 heteroatoms. The van der Waals surface area contributed by atoms with Gasteiger partial charge < -0.3 is 4.90 Å². The first-order valence-corrected chi connectivity index (χ1v) is 4.11. The fraction of sp³-hybridized carbons (Fsp3) is 0.400. The highest BCUT2D eigenvalue weighted by Gasteiger charge is 1.98. The van der Waals surface area contributed by atoms with Gasteiger partial charge in [0, 0.05) is 12.7 Å². The van der Waals surface area contributed by atoms with Crippen LogP contribution >= 0.6 is 0 Å². The zero-order valence-electron chi connectivity index (χ0n) is 7.99. The molecule has 0 heterocycles. The summed E-state index contributed by atoms with van der Waals surface area (Å²) in [5.74, 6) is 0. The van der Waals surface area contributed by atoms with Gasteiger partial charge in [0.25, 0.3) is 0 Å². The molecule has 0 atom stereocenters. The molecule has 12 heavy (non-hydrogen) atoms. The number of hydrogen-bond acceptors (Lipinski definition) is 2. The first kappa shape index (κ1) is 9.07. The molecule has 0 unspecified atom stereocenters. The van der Waals surface area contributed by atoms with Crippen LogP contribution in [0, 0.1) is 0 Å². The lowest BCUT2D eigenvalue weighted by Gasteiger charge is -2.23. The van der Waals surface area contributed by atoms with Crippen LogP contribution in [0.5, 0.6) is 0 Å². The molecule has 0 saturated heterocycles. The summed E-state index contributed by atoms with van der Waals surface area (Å²) in [4.78, 5) is 4.35. The van der Waals surface area contributed by atoms with Gasteiger partial charge in [-0.15, -0.1) is 0 Å². The summed E-state index contributed by atoms with van der Waals surface area (Å²) in [6.45, 7) is 0.948. The van der Waals surface area contributed by atoms with Crippen molar-refractivity contribution in [3.05, 3.63) is 30.3 Å². The molecule has 66 valence electrons. The maximum Gasteiger partial charge on any atom is 0.0698 e. The van der Waals surface area contributed by atoms with E-state index >= 15 is 0 Å². The molecule has 0 aromatic heterocycles. The Morgan fingerprint density at radius 2 is 1.58 bits per heavy atom. The van der Waals surface area contributed by atoms with Crippen LogP contribution in [-0.4, -0.2) is 32.7 Å². The minimum Gasteiger partial charge on any atom is -0.362 e. The average molecular weight is 164 g/mol. The molecule has 1 aromatic rings. The van der Waals surface area contributed by atoms with E-state index in [9.17, 15) is 0 Å². The van der Waals surface area contributed by atoms with Gasteiger partial charge in [0.15, 0.2) is 0 Å². The van der Waals surface area contributed by atoms with Gasteiger partial charge in [0.1, 0.15) is 0 Å². The van der Waals surface area contributed by atoms with E-state index in [-0.39, 0.29) is 0 Å². The lowest BCUT2D eigenvalue weighted by molar-refractivity contribution is 0.412. The third-order valence-corrected chi connectivity index (χ3v) is 1.69. The predicted octanol–water partition coefficient (Wildman–Crippen LogP) is 1.64. The quantitative estimate of drug-likeness (QED) is 0.627. The summed E-state index contributed by atoms with van der Waals surface area (Å²) < 4.78 is 0. The number of benzene rings is 1. The van der Waals surface area contributed by atoms with Gasteiger partial charge in [-0.05, 0) is 26.2 Å². The topological polar surface area (TPSA) is 6.48 Å². The maximum atomic E-state index is 2.21. The molecule has 0 aliphatic rings. The van der Waals surface area contributed by atoms with Gasteiger partial charge in [0.2, 0.25) is 0 Å². The summed E-state index contributed by atoms with van der Waals surface area (Å²) in [5.41, 5.74) is 1.26. The first-order valence-electron chi connectivity index (χ1n) is 4.11.